The van der Waals surface area contributed by atoms with Crippen molar-refractivity contribution in [2.75, 3.05) is 5.32 Å². The van der Waals surface area contributed by atoms with Gasteiger partial charge in [-0.25, -0.2) is 9.67 Å². The first-order chi connectivity index (χ1) is 12.5. The maximum absolute atomic E-state index is 12.5. The third-order valence-electron chi connectivity index (χ3n) is 5.01. The quantitative estimate of drug-likeness (QED) is 0.909. The van der Waals surface area contributed by atoms with Gasteiger partial charge in [0.25, 0.3) is 5.82 Å². The molecule has 0 atom stereocenters. The Kier molecular flexibility index (Phi) is 5.04. The van der Waals surface area contributed by atoms with Crippen LogP contribution in [0.5, 0.6) is 0 Å². The summed E-state index contributed by atoms with van der Waals surface area (Å²) in [5, 5.41) is 25.2. The van der Waals surface area contributed by atoms with Crippen LogP contribution >= 0.6 is 0 Å². The average molecular weight is 351 g/mol. The molecule has 0 unspecified atom stereocenters. The Morgan fingerprint density at radius 1 is 1.27 bits per heavy atom. The lowest BCUT2D eigenvalue weighted by molar-refractivity contribution is -0.117. The molecule has 2 heterocycles. The van der Waals surface area contributed by atoms with Gasteiger partial charge in [-0.1, -0.05) is 19.3 Å². The van der Waals surface area contributed by atoms with E-state index in [1.54, 1.807) is 0 Å². The van der Waals surface area contributed by atoms with E-state index >= 15 is 0 Å². The third kappa shape index (κ3) is 3.31. The molecule has 8 heteroatoms. The summed E-state index contributed by atoms with van der Waals surface area (Å²) in [6, 6.07) is 4.37. The minimum atomic E-state index is -0.301. The van der Waals surface area contributed by atoms with Crippen molar-refractivity contribution in [1.29, 1.82) is 10.5 Å². The molecule has 0 spiro atoms. The molecule has 1 amide bonds. The largest absolute Gasteiger partial charge is 0.327 e. The van der Waals surface area contributed by atoms with Crippen molar-refractivity contribution in [3.63, 3.8) is 0 Å². The van der Waals surface area contributed by atoms with Crippen molar-refractivity contribution in [2.24, 2.45) is 0 Å². The average Bonchev–Trinajstić information content (AvgIpc) is 3.18. The highest BCUT2D eigenvalue weighted by Gasteiger charge is 2.25. The Hall–Kier alpha value is -3.13. The molecule has 1 aliphatic rings. The van der Waals surface area contributed by atoms with Gasteiger partial charge >= 0.3 is 0 Å². The van der Waals surface area contributed by atoms with Gasteiger partial charge in [-0.15, -0.1) is 5.10 Å². The number of nitriles is 2. The first kappa shape index (κ1) is 17.7. The molecule has 0 radical (unpaired) electrons. The van der Waals surface area contributed by atoms with Crippen molar-refractivity contribution in [1.82, 2.24) is 19.3 Å². The molecule has 2 aromatic rings. The van der Waals surface area contributed by atoms with Crippen molar-refractivity contribution in [3.05, 3.63) is 29.0 Å². The fraction of sp³-hybridized carbons (Fsp3) is 0.500. The van der Waals surface area contributed by atoms with E-state index in [2.05, 4.69) is 26.0 Å². The Morgan fingerprint density at radius 3 is 2.62 bits per heavy atom. The molecule has 1 fully saturated rings. The molecular weight excluding hydrogens is 330 g/mol. The lowest BCUT2D eigenvalue weighted by Crippen LogP contribution is -2.23. The molecule has 0 bridgehead atoms. The van der Waals surface area contributed by atoms with E-state index in [-0.39, 0.29) is 18.3 Å². The zero-order valence-corrected chi connectivity index (χ0v) is 15.0. The molecule has 1 saturated carbocycles. The van der Waals surface area contributed by atoms with Crippen LogP contribution in [-0.2, 0) is 11.3 Å². The van der Waals surface area contributed by atoms with Gasteiger partial charge in [0, 0.05) is 11.7 Å². The van der Waals surface area contributed by atoms with Crippen molar-refractivity contribution in [3.8, 4) is 12.1 Å². The maximum atomic E-state index is 12.5. The molecule has 1 aliphatic carbocycles. The summed E-state index contributed by atoms with van der Waals surface area (Å²) in [5.41, 5.74) is 2.44. The number of carbonyl (C=O) groups is 1. The van der Waals surface area contributed by atoms with Crippen molar-refractivity contribution >= 4 is 11.7 Å². The predicted octanol–water partition coefficient (Wildman–Crippen LogP) is 2.58. The second-order valence-corrected chi connectivity index (χ2v) is 6.63. The summed E-state index contributed by atoms with van der Waals surface area (Å²) in [7, 11) is 0. The monoisotopic (exact) mass is 351 g/mol. The number of rotatable bonds is 4. The summed E-state index contributed by atoms with van der Waals surface area (Å²) >= 11 is 0. The molecular formula is C18H21N7O. The second-order valence-electron chi connectivity index (χ2n) is 6.63. The predicted molar refractivity (Wildman–Crippen MR) is 94.1 cm³/mol. The molecule has 0 aromatic carbocycles. The number of hydrogen-bond acceptors (Lipinski definition) is 5. The molecule has 3 rings (SSSR count). The highest BCUT2D eigenvalue weighted by Crippen LogP contribution is 2.36. The fourth-order valence-corrected chi connectivity index (χ4v) is 3.62. The molecule has 8 nitrogen and oxygen atoms in total. The van der Waals surface area contributed by atoms with E-state index < -0.39 is 0 Å². The fourth-order valence-electron chi connectivity index (χ4n) is 3.62. The molecule has 134 valence electrons. The van der Waals surface area contributed by atoms with Gasteiger partial charge in [0.05, 0.1) is 5.56 Å². The topological polar surface area (TPSA) is 112 Å². The van der Waals surface area contributed by atoms with Gasteiger partial charge in [-0.05, 0) is 32.3 Å². The number of aromatic nitrogens is 4. The minimum Gasteiger partial charge on any atom is -0.327 e. The zero-order valence-electron chi connectivity index (χ0n) is 15.0. The van der Waals surface area contributed by atoms with Gasteiger partial charge in [-0.3, -0.25) is 4.79 Å². The van der Waals surface area contributed by atoms with Gasteiger partial charge in [0.15, 0.2) is 0 Å². The van der Waals surface area contributed by atoms with Crippen LogP contribution in [-0.4, -0.2) is 25.2 Å². The molecule has 26 heavy (non-hydrogen) atoms. The molecule has 2 aromatic heterocycles. The van der Waals surface area contributed by atoms with Crippen molar-refractivity contribution in [2.45, 2.75) is 58.5 Å². The Morgan fingerprint density at radius 2 is 2.00 bits per heavy atom. The van der Waals surface area contributed by atoms with E-state index in [1.807, 2.05) is 19.9 Å². The first-order valence-electron chi connectivity index (χ1n) is 8.76. The van der Waals surface area contributed by atoms with Crippen LogP contribution in [0.2, 0.25) is 0 Å². The second kappa shape index (κ2) is 7.40. The molecule has 1 N–H and O–H groups in total. The number of amides is 1. The molecule has 0 aliphatic heterocycles. The standard InChI is InChI=1S/C18H21N7O/c1-12-13(2)25(14-6-4-3-5-7-14)18(15(12)8-19)22-17(26)10-24-11-21-16(9-20)23-24/h11,14H,3-7,10H2,1-2H3,(H,22,26). The van der Waals surface area contributed by atoms with Crippen LogP contribution in [0.3, 0.4) is 0 Å². The number of anilines is 1. The van der Waals surface area contributed by atoms with Gasteiger partial charge in [0.2, 0.25) is 5.91 Å². The van der Waals surface area contributed by atoms with E-state index in [4.69, 9.17) is 5.26 Å². The van der Waals surface area contributed by atoms with Gasteiger partial charge in [-0.2, -0.15) is 10.5 Å². The summed E-state index contributed by atoms with van der Waals surface area (Å²) in [4.78, 5) is 16.3. The smallest absolute Gasteiger partial charge is 0.252 e. The Balaban J connectivity index is 1.88. The number of nitrogens with zero attached hydrogens (tertiary/aromatic N) is 6. The SMILES string of the molecule is Cc1c(C#N)c(NC(=O)Cn2cnc(C#N)n2)n(C2CCCCC2)c1C. The first-order valence-corrected chi connectivity index (χ1v) is 8.76. The van der Waals surface area contributed by atoms with Crippen LogP contribution < -0.4 is 5.32 Å². The number of hydrogen-bond donors (Lipinski definition) is 1. The number of carbonyl (C=O) groups excluding carboxylic acids is 1. The van der Waals surface area contributed by atoms with Crippen LogP contribution in [0.25, 0.3) is 0 Å². The van der Waals surface area contributed by atoms with Crippen LogP contribution in [0, 0.1) is 36.5 Å². The molecule has 0 saturated heterocycles. The van der Waals surface area contributed by atoms with E-state index in [0.717, 1.165) is 36.9 Å². The lowest BCUT2D eigenvalue weighted by Gasteiger charge is -2.27. The highest BCUT2D eigenvalue weighted by atomic mass is 16.2. The van der Waals surface area contributed by atoms with Crippen LogP contribution in [0.4, 0.5) is 5.82 Å². The van der Waals surface area contributed by atoms with Crippen LogP contribution in [0.1, 0.15) is 60.8 Å². The minimum absolute atomic E-state index is 0.0211. The van der Waals surface area contributed by atoms with Crippen LogP contribution in [0.15, 0.2) is 6.33 Å². The lowest BCUT2D eigenvalue weighted by atomic mass is 9.95. The van der Waals surface area contributed by atoms with Gasteiger partial charge in [0.1, 0.15) is 30.8 Å². The van der Waals surface area contributed by atoms with Gasteiger partial charge < -0.3 is 9.88 Å². The summed E-state index contributed by atoms with van der Waals surface area (Å²) in [6.45, 7) is 3.85. The van der Waals surface area contributed by atoms with E-state index in [9.17, 15) is 10.1 Å². The third-order valence-corrected chi connectivity index (χ3v) is 5.01. The normalized spacial score (nSPS) is 14.6. The maximum Gasteiger partial charge on any atom is 0.252 e. The van der Waals surface area contributed by atoms with Crippen molar-refractivity contribution < 1.29 is 4.79 Å². The Bertz CT molecular complexity index is 903. The number of nitrogens with one attached hydrogen (secondary N) is 1. The Labute approximate surface area is 152 Å². The summed E-state index contributed by atoms with van der Waals surface area (Å²) in [5.74, 6) is 0.290. The van der Waals surface area contributed by atoms with E-state index in [1.165, 1.54) is 17.4 Å². The van der Waals surface area contributed by atoms with E-state index in [0.29, 0.717) is 17.4 Å². The summed E-state index contributed by atoms with van der Waals surface area (Å²) in [6.07, 6.45) is 7.00. The highest BCUT2D eigenvalue weighted by molar-refractivity contribution is 5.91. The zero-order chi connectivity index (χ0) is 18.7. The summed E-state index contributed by atoms with van der Waals surface area (Å²) < 4.78 is 3.43.